The number of nitrogens with zero attached hydrogens (tertiary/aromatic N) is 4. The molecule has 1 aromatic carbocycles. The second-order valence-electron chi connectivity index (χ2n) is 4.46. The largest absolute Gasteiger partial charge is 0.347 e. The minimum absolute atomic E-state index is 0.320. The maximum atomic E-state index is 5.39. The van der Waals surface area contributed by atoms with Gasteiger partial charge in [-0.15, -0.1) is 0 Å². The Labute approximate surface area is 118 Å². The van der Waals surface area contributed by atoms with Crippen molar-refractivity contribution in [2.24, 2.45) is 5.84 Å². The van der Waals surface area contributed by atoms with Crippen LogP contribution in [0, 0.1) is 0 Å². The Bertz CT molecular complexity index is 583. The Morgan fingerprint density at radius 3 is 2.45 bits per heavy atom. The zero-order chi connectivity index (χ0) is 14.5. The molecule has 7 heteroatoms. The lowest BCUT2D eigenvalue weighted by molar-refractivity contribution is 0.956. The molecule has 0 amide bonds. The average molecular weight is 273 g/mol. The van der Waals surface area contributed by atoms with Crippen LogP contribution in [0.1, 0.15) is 12.5 Å². The number of aryl methyl sites for hydroxylation is 1. The molecule has 0 radical (unpaired) electrons. The van der Waals surface area contributed by atoms with E-state index in [1.165, 1.54) is 5.56 Å². The van der Waals surface area contributed by atoms with E-state index in [9.17, 15) is 0 Å². The fourth-order valence-electron chi connectivity index (χ4n) is 1.76. The SMILES string of the molecule is CCc1ccccc1Nc1nc(NN)nc(N(C)C)n1. The first kappa shape index (κ1) is 14.0. The molecule has 0 aliphatic carbocycles. The van der Waals surface area contributed by atoms with Gasteiger partial charge < -0.3 is 10.2 Å². The van der Waals surface area contributed by atoms with Crippen LogP contribution >= 0.6 is 0 Å². The molecule has 4 N–H and O–H groups in total. The van der Waals surface area contributed by atoms with E-state index in [0.29, 0.717) is 17.8 Å². The van der Waals surface area contributed by atoms with Crippen molar-refractivity contribution in [1.82, 2.24) is 15.0 Å². The number of aromatic nitrogens is 3. The van der Waals surface area contributed by atoms with Gasteiger partial charge in [0.25, 0.3) is 0 Å². The van der Waals surface area contributed by atoms with Crippen molar-refractivity contribution in [3.05, 3.63) is 29.8 Å². The first-order chi connectivity index (χ1) is 9.63. The molecule has 1 aromatic heterocycles. The number of hydrogen-bond acceptors (Lipinski definition) is 7. The highest BCUT2D eigenvalue weighted by Gasteiger charge is 2.08. The third kappa shape index (κ3) is 3.12. The third-order valence-corrected chi connectivity index (χ3v) is 2.80. The van der Waals surface area contributed by atoms with E-state index in [0.717, 1.165) is 12.1 Å². The van der Waals surface area contributed by atoms with Crippen molar-refractivity contribution < 1.29 is 0 Å². The number of nitrogens with two attached hydrogens (primary N) is 1. The summed E-state index contributed by atoms with van der Waals surface area (Å²) in [6, 6.07) is 8.04. The summed E-state index contributed by atoms with van der Waals surface area (Å²) >= 11 is 0. The topological polar surface area (TPSA) is 92.0 Å². The highest BCUT2D eigenvalue weighted by molar-refractivity contribution is 5.60. The lowest BCUT2D eigenvalue weighted by Gasteiger charge is -2.14. The predicted molar refractivity (Wildman–Crippen MR) is 81.1 cm³/mol. The van der Waals surface area contributed by atoms with Crippen molar-refractivity contribution in [1.29, 1.82) is 0 Å². The average Bonchev–Trinajstić information content (AvgIpc) is 2.47. The summed E-state index contributed by atoms with van der Waals surface area (Å²) in [6.07, 6.45) is 0.927. The quantitative estimate of drug-likeness (QED) is 0.562. The molecule has 0 fully saturated rings. The van der Waals surface area contributed by atoms with Crippen LogP contribution in [0.3, 0.4) is 0 Å². The Morgan fingerprint density at radius 1 is 1.10 bits per heavy atom. The molecule has 2 rings (SSSR count). The zero-order valence-corrected chi connectivity index (χ0v) is 11.9. The summed E-state index contributed by atoms with van der Waals surface area (Å²) < 4.78 is 0. The standard InChI is InChI=1S/C13H19N7/c1-4-9-7-5-6-8-10(9)15-11-16-12(19-14)18-13(17-11)20(2)3/h5-8H,4,14H2,1-3H3,(H2,15,16,17,18,19). The molecule has 0 saturated carbocycles. The van der Waals surface area contributed by atoms with Gasteiger partial charge in [0, 0.05) is 19.8 Å². The Morgan fingerprint density at radius 2 is 1.80 bits per heavy atom. The van der Waals surface area contributed by atoms with E-state index in [2.05, 4.69) is 38.7 Å². The number of nitrogens with one attached hydrogen (secondary N) is 2. The molecule has 106 valence electrons. The molecule has 0 unspecified atom stereocenters. The van der Waals surface area contributed by atoms with Gasteiger partial charge in [-0.05, 0) is 18.1 Å². The number of para-hydroxylation sites is 1. The van der Waals surface area contributed by atoms with Crippen LogP contribution < -0.4 is 21.5 Å². The van der Waals surface area contributed by atoms with Crippen LogP contribution in [0.25, 0.3) is 0 Å². The van der Waals surface area contributed by atoms with Gasteiger partial charge in [0.05, 0.1) is 0 Å². The summed E-state index contributed by atoms with van der Waals surface area (Å²) in [5, 5.41) is 3.21. The van der Waals surface area contributed by atoms with Gasteiger partial charge in [-0.25, -0.2) is 5.84 Å². The summed E-state index contributed by atoms with van der Waals surface area (Å²) in [7, 11) is 3.72. The van der Waals surface area contributed by atoms with Gasteiger partial charge in [-0.1, -0.05) is 25.1 Å². The summed E-state index contributed by atoms with van der Waals surface area (Å²) in [6.45, 7) is 2.10. The van der Waals surface area contributed by atoms with Gasteiger partial charge in [-0.2, -0.15) is 15.0 Å². The second-order valence-corrected chi connectivity index (χ2v) is 4.46. The number of benzene rings is 1. The number of rotatable bonds is 5. The van der Waals surface area contributed by atoms with E-state index in [1.807, 2.05) is 32.3 Å². The van der Waals surface area contributed by atoms with Gasteiger partial charge in [-0.3, -0.25) is 5.43 Å². The summed E-state index contributed by atoms with van der Waals surface area (Å²) in [4.78, 5) is 14.5. The van der Waals surface area contributed by atoms with Crippen LogP contribution in [-0.4, -0.2) is 29.0 Å². The molecule has 0 aliphatic heterocycles. The maximum absolute atomic E-state index is 5.39. The Kier molecular flexibility index (Phi) is 4.31. The van der Waals surface area contributed by atoms with E-state index in [1.54, 1.807) is 4.90 Å². The van der Waals surface area contributed by atoms with Crippen LogP contribution in [0.15, 0.2) is 24.3 Å². The first-order valence-electron chi connectivity index (χ1n) is 6.39. The first-order valence-corrected chi connectivity index (χ1v) is 6.39. The van der Waals surface area contributed by atoms with Gasteiger partial charge in [0.15, 0.2) is 0 Å². The fraction of sp³-hybridized carbons (Fsp3) is 0.308. The van der Waals surface area contributed by atoms with Gasteiger partial charge in [0.2, 0.25) is 17.8 Å². The molecule has 0 bridgehead atoms. The smallest absolute Gasteiger partial charge is 0.243 e. The second kappa shape index (κ2) is 6.16. The molecular weight excluding hydrogens is 254 g/mol. The molecule has 7 nitrogen and oxygen atoms in total. The highest BCUT2D eigenvalue weighted by atomic mass is 15.4. The molecular formula is C13H19N7. The molecule has 0 aliphatic rings. The van der Waals surface area contributed by atoms with Crippen molar-refractivity contribution in [2.45, 2.75) is 13.3 Å². The minimum Gasteiger partial charge on any atom is -0.347 e. The molecule has 2 aromatic rings. The number of nitrogen functional groups attached to an aromatic ring is 1. The van der Waals surface area contributed by atoms with Crippen LogP contribution in [0.5, 0.6) is 0 Å². The highest BCUT2D eigenvalue weighted by Crippen LogP contribution is 2.20. The lowest BCUT2D eigenvalue weighted by atomic mass is 10.1. The normalized spacial score (nSPS) is 10.2. The van der Waals surface area contributed by atoms with Crippen LogP contribution in [0.2, 0.25) is 0 Å². The van der Waals surface area contributed by atoms with E-state index in [-0.39, 0.29) is 0 Å². The monoisotopic (exact) mass is 273 g/mol. The molecule has 0 saturated heterocycles. The Hall–Kier alpha value is -2.41. The van der Waals surface area contributed by atoms with E-state index < -0.39 is 0 Å². The van der Waals surface area contributed by atoms with Crippen molar-refractivity contribution in [3.8, 4) is 0 Å². The maximum Gasteiger partial charge on any atom is 0.243 e. The van der Waals surface area contributed by atoms with E-state index in [4.69, 9.17) is 5.84 Å². The molecule has 1 heterocycles. The number of anilines is 4. The minimum atomic E-state index is 0.320. The molecule has 20 heavy (non-hydrogen) atoms. The van der Waals surface area contributed by atoms with Gasteiger partial charge >= 0.3 is 0 Å². The molecule has 0 spiro atoms. The van der Waals surface area contributed by atoms with Crippen molar-refractivity contribution >= 4 is 23.5 Å². The van der Waals surface area contributed by atoms with Gasteiger partial charge in [0.1, 0.15) is 0 Å². The van der Waals surface area contributed by atoms with E-state index >= 15 is 0 Å². The van der Waals surface area contributed by atoms with Crippen molar-refractivity contribution in [3.63, 3.8) is 0 Å². The Balaban J connectivity index is 2.35. The molecule has 0 atom stereocenters. The van der Waals surface area contributed by atoms with Crippen molar-refractivity contribution in [2.75, 3.05) is 29.7 Å². The lowest BCUT2D eigenvalue weighted by Crippen LogP contribution is -2.18. The predicted octanol–water partition coefficient (Wildman–Crippen LogP) is 1.53. The summed E-state index contributed by atoms with van der Waals surface area (Å²) in [5.41, 5.74) is 4.62. The fourth-order valence-corrected chi connectivity index (χ4v) is 1.76. The van der Waals surface area contributed by atoms with Crippen LogP contribution in [-0.2, 0) is 6.42 Å². The third-order valence-electron chi connectivity index (χ3n) is 2.80. The number of hydrogen-bond donors (Lipinski definition) is 3. The number of hydrazine groups is 1. The zero-order valence-electron chi connectivity index (χ0n) is 11.9. The summed E-state index contributed by atoms with van der Waals surface area (Å²) in [5.74, 6) is 6.70. The van der Waals surface area contributed by atoms with Crippen LogP contribution in [0.4, 0.5) is 23.5 Å².